The maximum Gasteiger partial charge on any atom is 0.161 e. The maximum absolute atomic E-state index is 10.3. The van der Waals surface area contributed by atoms with E-state index >= 15 is 0 Å². The zero-order valence-electron chi connectivity index (χ0n) is 14.6. The molecule has 1 atom stereocenters. The van der Waals surface area contributed by atoms with Crippen molar-refractivity contribution in [3.63, 3.8) is 0 Å². The van der Waals surface area contributed by atoms with Crippen LogP contribution in [-0.4, -0.2) is 15.3 Å². The summed E-state index contributed by atoms with van der Waals surface area (Å²) >= 11 is 0. The first-order valence-electron chi connectivity index (χ1n) is 8.81. The number of aromatic hydroxyl groups is 3. The van der Waals surface area contributed by atoms with Crippen LogP contribution < -0.4 is 9.47 Å². The summed E-state index contributed by atoms with van der Waals surface area (Å²) in [4.78, 5) is 0. The predicted octanol–water partition coefficient (Wildman–Crippen LogP) is 4.45. The van der Waals surface area contributed by atoms with E-state index in [0.717, 1.165) is 11.1 Å². The highest BCUT2D eigenvalue weighted by atomic mass is 16.5. The van der Waals surface area contributed by atoms with Crippen molar-refractivity contribution in [3.05, 3.63) is 77.4 Å². The quantitative estimate of drug-likeness (QED) is 0.637. The molecule has 0 saturated heterocycles. The minimum Gasteiger partial charge on any atom is -0.508 e. The lowest BCUT2D eigenvalue weighted by atomic mass is 9.96. The third-order valence-corrected chi connectivity index (χ3v) is 4.69. The summed E-state index contributed by atoms with van der Waals surface area (Å²) in [5.41, 5.74) is 2.52. The Morgan fingerprint density at radius 3 is 2.52 bits per heavy atom. The monoisotopic (exact) mass is 364 g/mol. The lowest BCUT2D eigenvalue weighted by molar-refractivity contribution is 0.173. The van der Waals surface area contributed by atoms with Crippen molar-refractivity contribution >= 4 is 0 Å². The Morgan fingerprint density at radius 1 is 0.926 bits per heavy atom. The van der Waals surface area contributed by atoms with Gasteiger partial charge in [-0.1, -0.05) is 36.4 Å². The van der Waals surface area contributed by atoms with Crippen LogP contribution in [0.25, 0.3) is 0 Å². The fourth-order valence-corrected chi connectivity index (χ4v) is 3.29. The van der Waals surface area contributed by atoms with E-state index in [1.807, 2.05) is 36.4 Å². The highest BCUT2D eigenvalue weighted by Gasteiger charge is 2.25. The largest absolute Gasteiger partial charge is 0.508 e. The fraction of sp³-hybridized carbons (Fsp3) is 0.182. The third-order valence-electron chi connectivity index (χ3n) is 4.69. The summed E-state index contributed by atoms with van der Waals surface area (Å²) in [6.45, 7) is 0.375. The predicted molar refractivity (Wildman–Crippen MR) is 100 cm³/mol. The number of ether oxygens (including phenoxy) is 2. The molecule has 0 spiro atoms. The second kappa shape index (κ2) is 7.11. The molecule has 1 heterocycles. The zero-order chi connectivity index (χ0) is 18.8. The van der Waals surface area contributed by atoms with Gasteiger partial charge in [-0.2, -0.15) is 0 Å². The van der Waals surface area contributed by atoms with E-state index in [2.05, 4.69) is 0 Å². The van der Waals surface area contributed by atoms with Crippen LogP contribution >= 0.6 is 0 Å². The molecule has 0 radical (unpaired) electrons. The fourth-order valence-electron chi connectivity index (χ4n) is 3.29. The normalized spacial score (nSPS) is 15.6. The molecular weight excluding hydrogens is 344 g/mol. The first-order chi connectivity index (χ1) is 13.1. The Balaban J connectivity index is 1.49. The third kappa shape index (κ3) is 3.62. The zero-order valence-corrected chi connectivity index (χ0v) is 14.6. The van der Waals surface area contributed by atoms with Crippen molar-refractivity contribution in [1.29, 1.82) is 0 Å². The topological polar surface area (TPSA) is 79.2 Å². The molecular formula is C22H20O5. The smallest absolute Gasteiger partial charge is 0.161 e. The molecule has 1 aliphatic heterocycles. The van der Waals surface area contributed by atoms with Crippen LogP contribution in [0, 0.1) is 0 Å². The van der Waals surface area contributed by atoms with Crippen LogP contribution in [0.2, 0.25) is 0 Å². The summed E-state index contributed by atoms with van der Waals surface area (Å²) in [5.74, 6) is 0.925. The van der Waals surface area contributed by atoms with Gasteiger partial charge in [-0.25, -0.2) is 0 Å². The van der Waals surface area contributed by atoms with Gasteiger partial charge in [0, 0.05) is 17.7 Å². The second-order valence-corrected chi connectivity index (χ2v) is 6.59. The van der Waals surface area contributed by atoms with Crippen LogP contribution in [0.5, 0.6) is 28.7 Å². The number of fused-ring (bicyclic) bond motifs is 1. The van der Waals surface area contributed by atoms with Gasteiger partial charge in [0.15, 0.2) is 11.5 Å². The standard InChI is InChI=1S/C22H20O5/c23-16-11-18(24)17-7-9-20(27-22(17)12-16)15-6-8-21(19(25)10-15)26-13-14-4-2-1-3-5-14/h1-6,8,10-12,20,23-25H,7,9,13H2/t20-/m0/s1. The Labute approximate surface area is 157 Å². The van der Waals surface area contributed by atoms with Gasteiger partial charge < -0.3 is 24.8 Å². The SMILES string of the molecule is Oc1cc(O)c2c(c1)O[C@H](c1ccc(OCc3ccccc3)c(O)c1)CC2. The molecule has 138 valence electrons. The molecule has 0 saturated carbocycles. The molecule has 5 nitrogen and oxygen atoms in total. The summed E-state index contributed by atoms with van der Waals surface area (Å²) < 4.78 is 11.6. The Kier molecular flexibility index (Phi) is 4.50. The molecule has 0 unspecified atom stereocenters. The van der Waals surface area contributed by atoms with E-state index in [0.29, 0.717) is 36.5 Å². The highest BCUT2D eigenvalue weighted by Crippen LogP contribution is 2.42. The van der Waals surface area contributed by atoms with Crippen LogP contribution in [0.1, 0.15) is 29.2 Å². The second-order valence-electron chi connectivity index (χ2n) is 6.59. The number of hydrogen-bond donors (Lipinski definition) is 3. The molecule has 0 bridgehead atoms. The highest BCUT2D eigenvalue weighted by molar-refractivity contribution is 5.51. The molecule has 0 fully saturated rings. The Bertz CT molecular complexity index is 952. The average molecular weight is 364 g/mol. The number of phenols is 3. The number of rotatable bonds is 4. The molecule has 5 heteroatoms. The Hall–Kier alpha value is -3.34. The molecule has 1 aliphatic rings. The van der Waals surface area contributed by atoms with Gasteiger partial charge in [0.2, 0.25) is 0 Å². The molecule has 27 heavy (non-hydrogen) atoms. The maximum atomic E-state index is 10.3. The van der Waals surface area contributed by atoms with Gasteiger partial charge in [-0.15, -0.1) is 0 Å². The molecule has 4 rings (SSSR count). The van der Waals surface area contributed by atoms with Crippen molar-refractivity contribution in [3.8, 4) is 28.7 Å². The summed E-state index contributed by atoms with van der Waals surface area (Å²) in [6, 6.07) is 17.8. The van der Waals surface area contributed by atoms with Crippen LogP contribution in [0.15, 0.2) is 60.7 Å². The van der Waals surface area contributed by atoms with Gasteiger partial charge >= 0.3 is 0 Å². The van der Waals surface area contributed by atoms with E-state index in [4.69, 9.17) is 9.47 Å². The van der Waals surface area contributed by atoms with Gasteiger partial charge in [0.1, 0.15) is 30.0 Å². The summed E-state index contributed by atoms with van der Waals surface area (Å²) in [7, 11) is 0. The van der Waals surface area contributed by atoms with Crippen LogP contribution in [0.3, 0.4) is 0 Å². The van der Waals surface area contributed by atoms with Gasteiger partial charge in [-0.05, 0) is 36.1 Å². The van der Waals surface area contributed by atoms with E-state index in [9.17, 15) is 15.3 Å². The minimum absolute atomic E-state index is 0.0379. The Morgan fingerprint density at radius 2 is 1.74 bits per heavy atom. The number of hydrogen-bond acceptors (Lipinski definition) is 5. The van der Waals surface area contributed by atoms with Crippen molar-refractivity contribution < 1.29 is 24.8 Å². The van der Waals surface area contributed by atoms with Crippen molar-refractivity contribution in [2.75, 3.05) is 0 Å². The molecule has 3 aromatic rings. The summed E-state index contributed by atoms with van der Waals surface area (Å²) in [6.07, 6.45) is 1.02. The lowest BCUT2D eigenvalue weighted by Gasteiger charge is -2.27. The number of phenolic OH excluding ortho intramolecular Hbond substituents is 3. The molecule has 0 amide bonds. The van der Waals surface area contributed by atoms with E-state index < -0.39 is 0 Å². The van der Waals surface area contributed by atoms with Crippen LogP contribution in [0.4, 0.5) is 0 Å². The molecule has 0 aromatic heterocycles. The van der Waals surface area contributed by atoms with E-state index in [1.54, 1.807) is 12.1 Å². The van der Waals surface area contributed by atoms with E-state index in [-0.39, 0.29) is 23.4 Å². The van der Waals surface area contributed by atoms with Gasteiger partial charge in [-0.3, -0.25) is 0 Å². The van der Waals surface area contributed by atoms with Crippen LogP contribution in [-0.2, 0) is 13.0 Å². The minimum atomic E-state index is -0.271. The molecule has 3 aromatic carbocycles. The van der Waals surface area contributed by atoms with Crippen molar-refractivity contribution in [1.82, 2.24) is 0 Å². The first-order valence-corrected chi connectivity index (χ1v) is 8.81. The van der Waals surface area contributed by atoms with Crippen molar-refractivity contribution in [2.24, 2.45) is 0 Å². The van der Waals surface area contributed by atoms with Gasteiger partial charge in [0.05, 0.1) is 0 Å². The van der Waals surface area contributed by atoms with E-state index in [1.165, 1.54) is 12.1 Å². The molecule has 3 N–H and O–H groups in total. The molecule has 0 aliphatic carbocycles. The summed E-state index contributed by atoms with van der Waals surface area (Å²) in [5, 5.41) is 29.9. The lowest BCUT2D eigenvalue weighted by Crippen LogP contribution is -2.15. The number of benzene rings is 3. The van der Waals surface area contributed by atoms with Gasteiger partial charge in [0.25, 0.3) is 0 Å². The first kappa shape index (κ1) is 17.1. The average Bonchev–Trinajstić information content (AvgIpc) is 2.67. The van der Waals surface area contributed by atoms with Crippen molar-refractivity contribution in [2.45, 2.75) is 25.6 Å².